The summed E-state index contributed by atoms with van der Waals surface area (Å²) in [6.07, 6.45) is 3.17. The first-order chi connectivity index (χ1) is 12.2. The molecule has 0 radical (unpaired) electrons. The molecular weight excluding hydrogens is 332 g/mol. The molecule has 0 aliphatic heterocycles. The number of rotatable bonds is 5. The van der Waals surface area contributed by atoms with E-state index in [9.17, 15) is 4.79 Å². The first-order valence-corrected chi connectivity index (χ1v) is 8.55. The number of azo groups is 1. The molecule has 124 valence electrons. The van der Waals surface area contributed by atoms with Gasteiger partial charge in [-0.05, 0) is 49.4 Å². The van der Waals surface area contributed by atoms with Gasteiger partial charge in [0.15, 0.2) is 0 Å². The van der Waals surface area contributed by atoms with E-state index in [1.165, 1.54) is 6.08 Å². The van der Waals surface area contributed by atoms with Crippen LogP contribution < -0.4 is 5.32 Å². The van der Waals surface area contributed by atoms with Gasteiger partial charge in [0.1, 0.15) is 0 Å². The molecular formula is C19H16N4OS. The molecule has 0 bridgehead atoms. The number of carbonyl (C=O) groups excluding carboxylic acids is 1. The third kappa shape index (κ3) is 5.19. The van der Waals surface area contributed by atoms with Crippen LogP contribution in [0, 0.1) is 6.92 Å². The van der Waals surface area contributed by atoms with Crippen LogP contribution in [0.3, 0.4) is 0 Å². The molecule has 1 N–H and O–H groups in total. The Morgan fingerprint density at radius 1 is 1.04 bits per heavy atom. The lowest BCUT2D eigenvalue weighted by atomic mass is 10.3. The van der Waals surface area contributed by atoms with Crippen LogP contribution >= 0.6 is 11.3 Å². The maximum Gasteiger partial charge on any atom is 0.248 e. The number of thiazole rings is 1. The Morgan fingerprint density at radius 2 is 1.72 bits per heavy atom. The minimum atomic E-state index is -0.204. The van der Waals surface area contributed by atoms with Gasteiger partial charge in [-0.15, -0.1) is 11.3 Å². The van der Waals surface area contributed by atoms with Gasteiger partial charge in [0.2, 0.25) is 5.91 Å². The Balaban J connectivity index is 1.58. The Bertz CT molecular complexity index is 899. The van der Waals surface area contributed by atoms with Gasteiger partial charge in [-0.2, -0.15) is 10.2 Å². The first kappa shape index (κ1) is 16.7. The zero-order valence-corrected chi connectivity index (χ0v) is 14.4. The average molecular weight is 348 g/mol. The SMILES string of the molecule is Cc1nc(/C=C/C(=O)Nc2ccc(N=Nc3ccccc3)cc2)cs1. The van der Waals surface area contributed by atoms with Crippen molar-refractivity contribution in [2.45, 2.75) is 6.92 Å². The molecule has 0 spiro atoms. The number of nitrogens with zero attached hydrogens (tertiary/aromatic N) is 3. The maximum absolute atomic E-state index is 11.9. The second kappa shape index (κ2) is 8.12. The van der Waals surface area contributed by atoms with E-state index >= 15 is 0 Å². The van der Waals surface area contributed by atoms with Gasteiger partial charge in [-0.3, -0.25) is 4.79 Å². The highest BCUT2D eigenvalue weighted by Crippen LogP contribution is 2.20. The highest BCUT2D eigenvalue weighted by molar-refractivity contribution is 7.09. The summed E-state index contributed by atoms with van der Waals surface area (Å²) >= 11 is 1.55. The van der Waals surface area contributed by atoms with Crippen LogP contribution in [0.1, 0.15) is 10.7 Å². The Kier molecular flexibility index (Phi) is 5.43. The molecule has 2 aromatic carbocycles. The van der Waals surface area contributed by atoms with Crippen LogP contribution in [0.15, 0.2) is 76.3 Å². The fraction of sp³-hybridized carbons (Fsp3) is 0.0526. The van der Waals surface area contributed by atoms with Crippen molar-refractivity contribution >= 4 is 40.4 Å². The largest absolute Gasteiger partial charge is 0.323 e. The number of amides is 1. The van der Waals surface area contributed by atoms with Gasteiger partial charge < -0.3 is 5.32 Å². The molecule has 25 heavy (non-hydrogen) atoms. The second-order valence-corrected chi connectivity index (χ2v) is 6.26. The summed E-state index contributed by atoms with van der Waals surface area (Å²) in [6, 6.07) is 16.7. The molecule has 3 aromatic rings. The first-order valence-electron chi connectivity index (χ1n) is 7.67. The van der Waals surface area contributed by atoms with Crippen molar-refractivity contribution in [2.24, 2.45) is 10.2 Å². The molecule has 0 fully saturated rings. The molecule has 1 aromatic heterocycles. The van der Waals surface area contributed by atoms with Gasteiger partial charge in [-0.1, -0.05) is 18.2 Å². The highest BCUT2D eigenvalue weighted by Gasteiger charge is 1.99. The summed E-state index contributed by atoms with van der Waals surface area (Å²) in [6.45, 7) is 1.93. The van der Waals surface area contributed by atoms with Crippen molar-refractivity contribution in [2.75, 3.05) is 5.32 Å². The summed E-state index contributed by atoms with van der Waals surface area (Å²) in [4.78, 5) is 16.2. The van der Waals surface area contributed by atoms with Gasteiger partial charge >= 0.3 is 0 Å². The van der Waals surface area contributed by atoms with Gasteiger partial charge in [0.05, 0.1) is 22.1 Å². The zero-order valence-electron chi connectivity index (χ0n) is 13.6. The number of aryl methyl sites for hydroxylation is 1. The highest BCUT2D eigenvalue weighted by atomic mass is 32.1. The van der Waals surface area contributed by atoms with Crippen LogP contribution in [-0.4, -0.2) is 10.9 Å². The smallest absolute Gasteiger partial charge is 0.248 e. The van der Waals surface area contributed by atoms with E-state index < -0.39 is 0 Å². The van der Waals surface area contributed by atoms with Crippen molar-refractivity contribution < 1.29 is 4.79 Å². The third-order valence-electron chi connectivity index (χ3n) is 3.21. The average Bonchev–Trinajstić information content (AvgIpc) is 3.06. The van der Waals surface area contributed by atoms with Crippen LogP contribution in [0.4, 0.5) is 17.1 Å². The fourth-order valence-electron chi connectivity index (χ4n) is 2.02. The molecule has 1 amide bonds. The number of hydrogen-bond acceptors (Lipinski definition) is 5. The number of anilines is 1. The predicted octanol–water partition coefficient (Wildman–Crippen LogP) is 5.52. The molecule has 0 aliphatic rings. The van der Waals surface area contributed by atoms with Crippen molar-refractivity contribution in [1.82, 2.24) is 4.98 Å². The third-order valence-corrected chi connectivity index (χ3v) is 4.01. The lowest BCUT2D eigenvalue weighted by molar-refractivity contribution is -0.111. The fourth-order valence-corrected chi connectivity index (χ4v) is 2.60. The minimum absolute atomic E-state index is 0.204. The van der Waals surface area contributed by atoms with E-state index in [0.717, 1.165) is 22.1 Å². The van der Waals surface area contributed by atoms with Crippen molar-refractivity contribution in [3.63, 3.8) is 0 Å². The minimum Gasteiger partial charge on any atom is -0.323 e. The van der Waals surface area contributed by atoms with Crippen molar-refractivity contribution in [3.05, 3.63) is 76.8 Å². The second-order valence-electron chi connectivity index (χ2n) is 5.20. The molecule has 0 saturated heterocycles. The number of aromatic nitrogens is 1. The normalized spacial score (nSPS) is 11.2. The summed E-state index contributed by atoms with van der Waals surface area (Å²) in [5.74, 6) is -0.204. The lowest BCUT2D eigenvalue weighted by Gasteiger charge is -2.01. The van der Waals surface area contributed by atoms with E-state index in [2.05, 4.69) is 20.5 Å². The van der Waals surface area contributed by atoms with E-state index in [-0.39, 0.29) is 5.91 Å². The quantitative estimate of drug-likeness (QED) is 0.487. The lowest BCUT2D eigenvalue weighted by Crippen LogP contribution is -2.07. The molecule has 0 atom stereocenters. The molecule has 3 rings (SSSR count). The van der Waals surface area contributed by atoms with Crippen LogP contribution in [0.2, 0.25) is 0 Å². The van der Waals surface area contributed by atoms with Gasteiger partial charge in [-0.25, -0.2) is 4.98 Å². The predicted molar refractivity (Wildman–Crippen MR) is 102 cm³/mol. The van der Waals surface area contributed by atoms with Crippen molar-refractivity contribution in [1.29, 1.82) is 0 Å². The standard InChI is InChI=1S/C19H16N4OS/c1-14-20-18(13-25-14)11-12-19(24)21-15-7-9-17(10-8-15)23-22-16-5-3-2-4-6-16/h2-13H,1H3,(H,21,24)/b12-11+,23-22?. The van der Waals surface area contributed by atoms with E-state index in [0.29, 0.717) is 5.69 Å². The van der Waals surface area contributed by atoms with Gasteiger partial charge in [0, 0.05) is 17.1 Å². The van der Waals surface area contributed by atoms with Crippen molar-refractivity contribution in [3.8, 4) is 0 Å². The molecule has 6 heteroatoms. The molecule has 5 nitrogen and oxygen atoms in total. The van der Waals surface area contributed by atoms with Crippen LogP contribution in [0.25, 0.3) is 6.08 Å². The van der Waals surface area contributed by atoms with Gasteiger partial charge in [0.25, 0.3) is 0 Å². The monoisotopic (exact) mass is 348 g/mol. The molecule has 0 unspecified atom stereocenters. The Morgan fingerprint density at radius 3 is 2.36 bits per heavy atom. The summed E-state index contributed by atoms with van der Waals surface area (Å²) in [5.41, 5.74) is 3.00. The number of nitrogens with one attached hydrogen (secondary N) is 1. The molecule has 0 saturated carbocycles. The number of carbonyl (C=O) groups is 1. The Hall–Kier alpha value is -3.12. The summed E-state index contributed by atoms with van der Waals surface area (Å²) < 4.78 is 0. The van der Waals surface area contributed by atoms with E-state index in [1.54, 1.807) is 41.7 Å². The van der Waals surface area contributed by atoms with Crippen LogP contribution in [-0.2, 0) is 4.79 Å². The summed E-state index contributed by atoms with van der Waals surface area (Å²) in [5, 5.41) is 14.0. The zero-order chi connectivity index (χ0) is 17.5. The molecule has 1 heterocycles. The Labute approximate surface area is 149 Å². The van der Waals surface area contributed by atoms with E-state index in [4.69, 9.17) is 0 Å². The number of benzene rings is 2. The van der Waals surface area contributed by atoms with E-state index in [1.807, 2.05) is 42.6 Å². The topological polar surface area (TPSA) is 66.7 Å². The summed E-state index contributed by atoms with van der Waals surface area (Å²) in [7, 11) is 0. The van der Waals surface area contributed by atoms with Crippen LogP contribution in [0.5, 0.6) is 0 Å². The maximum atomic E-state index is 11.9. The number of hydrogen-bond donors (Lipinski definition) is 1. The molecule has 0 aliphatic carbocycles.